The first-order valence-corrected chi connectivity index (χ1v) is 14.7. The lowest BCUT2D eigenvalue weighted by molar-refractivity contribution is 0.0378. The number of nitrogens with one attached hydrogen (secondary N) is 1. The minimum absolute atomic E-state index is 0.00378. The van der Waals surface area contributed by atoms with Crippen molar-refractivity contribution in [3.05, 3.63) is 47.4 Å². The zero-order valence-corrected chi connectivity index (χ0v) is 26.6. The second-order valence-electron chi connectivity index (χ2n) is 12.4. The predicted molar refractivity (Wildman–Crippen MR) is 171 cm³/mol. The zero-order chi connectivity index (χ0) is 33.7. The first kappa shape index (κ1) is 28.6. The number of ether oxygens (including phenoxy) is 2. The highest BCUT2D eigenvalue weighted by Crippen LogP contribution is 2.44. The summed E-state index contributed by atoms with van der Waals surface area (Å²) in [5, 5.41) is 3.14. The number of nitrogens with zero attached hydrogens (tertiary/aromatic N) is 6. The Bertz CT molecular complexity index is 1640. The van der Waals surface area contributed by atoms with Crippen LogP contribution >= 0.6 is 0 Å². The van der Waals surface area contributed by atoms with Gasteiger partial charge in [-0.2, -0.15) is 4.98 Å². The monoisotopic (exact) mass is 608 g/mol. The van der Waals surface area contributed by atoms with Crippen LogP contribution in [0.5, 0.6) is 5.75 Å². The van der Waals surface area contributed by atoms with Crippen molar-refractivity contribution in [1.82, 2.24) is 19.9 Å². The summed E-state index contributed by atoms with van der Waals surface area (Å²) in [4.78, 5) is 32.5. The largest absolute Gasteiger partial charge is 0.494 e. The van der Waals surface area contributed by atoms with Crippen molar-refractivity contribution >= 4 is 40.5 Å². The molecule has 0 amide bonds. The third kappa shape index (κ3) is 6.21. The number of rotatable bonds is 9. The van der Waals surface area contributed by atoms with Crippen LogP contribution < -0.4 is 25.6 Å². The van der Waals surface area contributed by atoms with Crippen LogP contribution in [0.1, 0.15) is 58.6 Å². The van der Waals surface area contributed by atoms with Gasteiger partial charge in [-0.05, 0) is 53.1 Å². The predicted octanol–water partition coefficient (Wildman–Crippen LogP) is 4.99. The lowest BCUT2D eigenvalue weighted by atomic mass is 9.91. The van der Waals surface area contributed by atoms with E-state index in [0.29, 0.717) is 47.2 Å². The molecule has 0 bridgehead atoms. The van der Waals surface area contributed by atoms with E-state index < -0.39 is 30.2 Å². The molecule has 2 aliphatic rings. The van der Waals surface area contributed by atoms with Crippen LogP contribution in [0.15, 0.2) is 30.5 Å². The van der Waals surface area contributed by atoms with Crippen molar-refractivity contribution in [2.75, 3.05) is 61.6 Å². The Morgan fingerprint density at radius 3 is 2.70 bits per heavy atom. The minimum atomic E-state index is -2.04. The van der Waals surface area contributed by atoms with E-state index in [4.69, 9.17) is 20.2 Å². The number of likely N-dealkylation sites (N-methyl/N-ethyl adjacent to an activating group) is 1. The highest BCUT2D eigenvalue weighted by molar-refractivity contribution is 5.96. The maximum absolute atomic E-state index is 14.6. The number of hydrogen-bond acceptors (Lipinski definition) is 11. The number of alkyl halides is 1. The summed E-state index contributed by atoms with van der Waals surface area (Å²) in [7, 11) is 5.42. The number of anilines is 6. The van der Waals surface area contributed by atoms with Crippen LogP contribution in [0.4, 0.5) is 38.9 Å². The Morgan fingerprint density at radius 2 is 2.02 bits per heavy atom. The van der Waals surface area contributed by atoms with E-state index in [9.17, 15) is 11.9 Å². The summed E-state index contributed by atoms with van der Waals surface area (Å²) in [5.74, 6) is -0.175. The summed E-state index contributed by atoms with van der Waals surface area (Å²) < 4.78 is 44.2. The van der Waals surface area contributed by atoms with Gasteiger partial charge in [0.2, 0.25) is 5.95 Å². The van der Waals surface area contributed by atoms with Gasteiger partial charge in [-0.3, -0.25) is 4.98 Å². The average molecular weight is 609 g/mol. The summed E-state index contributed by atoms with van der Waals surface area (Å²) >= 11 is 0. The fourth-order valence-electron chi connectivity index (χ4n) is 5.75. The van der Waals surface area contributed by atoms with E-state index in [2.05, 4.69) is 15.3 Å². The number of aryl methyl sites for hydroxylation is 1. The van der Waals surface area contributed by atoms with Crippen LogP contribution in [-0.4, -0.2) is 84.9 Å². The Labute approximate surface area is 261 Å². The zero-order valence-electron chi connectivity index (χ0n) is 28.6. The highest BCUT2D eigenvalue weighted by Gasteiger charge is 2.40. The average Bonchev–Trinajstić information content (AvgIpc) is 3.38. The molecule has 1 fully saturated rings. The smallest absolute Gasteiger partial charge is 0.343 e. The number of carbonyl (C=O) groups is 1. The summed E-state index contributed by atoms with van der Waals surface area (Å²) in [6.45, 7) is 7.71. The molecule has 0 radical (unpaired) electrons. The fourth-order valence-corrected chi connectivity index (χ4v) is 5.75. The van der Waals surface area contributed by atoms with Crippen molar-refractivity contribution in [2.45, 2.75) is 64.8 Å². The molecule has 0 aliphatic carbocycles. The lowest BCUT2D eigenvalue weighted by Gasteiger charge is -2.30. The van der Waals surface area contributed by atoms with E-state index in [1.54, 1.807) is 52.0 Å². The SMILES string of the molecule is [2H]C1([2H])N(c2nc(Nc3cc(N)c(N4C[C@@H](F)C[C@@H]4CN(C)C)cc3OC)ncc2C(=O)OC(C)C)c2ccc(C)nc2C1(C)C. The number of methoxy groups -OCH3 is 1. The van der Waals surface area contributed by atoms with Gasteiger partial charge < -0.3 is 35.2 Å². The standard InChI is InChI=1S/C32H43FN8O3/c1-18(2)44-30(42)22-14-35-31(38-29(22)41-17-32(4,5)28-25(41)10-9-19(3)36-28)37-24-12-23(34)26(13-27(24)43-8)40-15-20(33)11-21(40)16-39(6)7/h9-10,12-14,18,20-21H,11,15-17,34H2,1-8H3,(H,35,37,38)/t20-,21+/m0/s1/i17D2. The van der Waals surface area contributed by atoms with Crippen LogP contribution in [0, 0.1) is 6.92 Å². The van der Waals surface area contributed by atoms with Crippen molar-refractivity contribution in [2.24, 2.45) is 0 Å². The lowest BCUT2D eigenvalue weighted by Crippen LogP contribution is -2.38. The second-order valence-corrected chi connectivity index (χ2v) is 12.4. The van der Waals surface area contributed by atoms with Gasteiger partial charge in [-0.15, -0.1) is 0 Å². The number of fused-ring (bicyclic) bond motifs is 1. The number of benzene rings is 1. The highest BCUT2D eigenvalue weighted by atomic mass is 19.1. The number of hydrogen-bond donors (Lipinski definition) is 2. The van der Waals surface area contributed by atoms with Crippen molar-refractivity contribution in [3.63, 3.8) is 0 Å². The molecule has 11 nitrogen and oxygen atoms in total. The van der Waals surface area contributed by atoms with Crippen LogP contribution in [0.2, 0.25) is 0 Å². The van der Waals surface area contributed by atoms with E-state index in [1.165, 1.54) is 18.2 Å². The van der Waals surface area contributed by atoms with Crippen molar-refractivity contribution in [3.8, 4) is 5.75 Å². The first-order chi connectivity index (χ1) is 21.5. The normalized spacial score (nSPS) is 20.9. The number of aromatic nitrogens is 3. The number of nitrogens with two attached hydrogens (primary N) is 1. The number of carbonyl (C=O) groups excluding carboxylic acids is 1. The molecular weight excluding hydrogens is 563 g/mol. The molecule has 2 aliphatic heterocycles. The van der Waals surface area contributed by atoms with Crippen molar-refractivity contribution < 1.29 is 21.4 Å². The third-order valence-corrected chi connectivity index (χ3v) is 7.62. The molecule has 12 heteroatoms. The van der Waals surface area contributed by atoms with Gasteiger partial charge in [0.1, 0.15) is 17.5 Å². The topological polar surface area (TPSA) is 122 Å². The molecule has 3 aromatic rings. The number of halogens is 1. The van der Waals surface area contributed by atoms with Gasteiger partial charge in [0, 0.05) is 55.4 Å². The summed E-state index contributed by atoms with van der Waals surface area (Å²) in [6.07, 6.45) is 0.329. The third-order valence-electron chi connectivity index (χ3n) is 7.62. The van der Waals surface area contributed by atoms with Crippen LogP contribution in [0.25, 0.3) is 0 Å². The van der Waals surface area contributed by atoms with E-state index in [-0.39, 0.29) is 29.9 Å². The molecule has 236 valence electrons. The molecule has 4 heterocycles. The van der Waals surface area contributed by atoms with E-state index in [1.807, 2.05) is 30.8 Å². The van der Waals surface area contributed by atoms with Gasteiger partial charge in [-0.25, -0.2) is 14.2 Å². The molecule has 2 aromatic heterocycles. The van der Waals surface area contributed by atoms with Gasteiger partial charge in [0.25, 0.3) is 0 Å². The molecule has 3 N–H and O–H groups in total. The molecule has 0 saturated carbocycles. The molecule has 1 aromatic carbocycles. The minimum Gasteiger partial charge on any atom is -0.494 e. The molecule has 0 spiro atoms. The maximum atomic E-state index is 14.6. The van der Waals surface area contributed by atoms with Gasteiger partial charge >= 0.3 is 5.97 Å². The molecular formula is C32H43FN8O3. The van der Waals surface area contributed by atoms with Gasteiger partial charge in [-0.1, -0.05) is 13.8 Å². The maximum Gasteiger partial charge on any atom is 0.343 e. The van der Waals surface area contributed by atoms with E-state index in [0.717, 1.165) is 5.69 Å². The molecule has 1 saturated heterocycles. The molecule has 0 unspecified atom stereocenters. The Kier molecular flexibility index (Phi) is 7.84. The second kappa shape index (κ2) is 12.1. The van der Waals surface area contributed by atoms with Crippen molar-refractivity contribution in [1.29, 1.82) is 0 Å². The number of esters is 1. The van der Waals surface area contributed by atoms with E-state index >= 15 is 0 Å². The van der Waals surface area contributed by atoms with Crippen LogP contribution in [0.3, 0.4) is 0 Å². The fraction of sp³-hybridized carbons (Fsp3) is 0.500. The Balaban J connectivity index is 1.58. The Morgan fingerprint density at radius 1 is 1.27 bits per heavy atom. The number of pyridine rings is 1. The first-order valence-electron chi connectivity index (χ1n) is 15.7. The van der Waals surface area contributed by atoms with Gasteiger partial charge in [0.05, 0.1) is 44.4 Å². The molecule has 44 heavy (non-hydrogen) atoms. The summed E-state index contributed by atoms with van der Waals surface area (Å²) in [5.41, 5.74) is 8.77. The quantitative estimate of drug-likeness (QED) is 0.252. The van der Waals surface area contributed by atoms with Crippen LogP contribution in [-0.2, 0) is 10.2 Å². The Hall–Kier alpha value is -4.19. The number of nitrogen functional groups attached to an aromatic ring is 1. The van der Waals surface area contributed by atoms with Gasteiger partial charge in [0.15, 0.2) is 5.82 Å². The summed E-state index contributed by atoms with van der Waals surface area (Å²) in [6, 6.07) is 6.96. The molecule has 5 rings (SSSR count). The molecule has 2 atom stereocenters.